The van der Waals surface area contributed by atoms with E-state index in [1.807, 2.05) is 49.4 Å². The second-order valence-electron chi connectivity index (χ2n) is 4.42. The first-order valence-electron chi connectivity index (χ1n) is 6.46. The van der Waals surface area contributed by atoms with Crippen LogP contribution in [0.5, 0.6) is 17.2 Å². The number of ether oxygens (including phenoxy) is 2. The lowest BCUT2D eigenvalue weighted by molar-refractivity contribution is 0.302. The van der Waals surface area contributed by atoms with Gasteiger partial charge in [0.2, 0.25) is 0 Å². The molecule has 0 unspecified atom stereocenters. The first-order chi connectivity index (χ1) is 9.20. The topological polar surface area (TPSA) is 44.5 Å². The Morgan fingerprint density at radius 3 is 2.42 bits per heavy atom. The van der Waals surface area contributed by atoms with Crippen molar-refractivity contribution >= 4 is 5.69 Å². The summed E-state index contributed by atoms with van der Waals surface area (Å²) >= 11 is 0. The summed E-state index contributed by atoms with van der Waals surface area (Å²) in [5, 5.41) is 0. The first kappa shape index (κ1) is 13.3. The number of nitrogens with two attached hydrogens (primary N) is 1. The number of para-hydroxylation sites is 2. The fourth-order valence-electron chi connectivity index (χ4n) is 1.77. The van der Waals surface area contributed by atoms with Crippen molar-refractivity contribution in [3.8, 4) is 17.2 Å². The largest absolute Gasteiger partial charge is 0.490 e. The van der Waals surface area contributed by atoms with Gasteiger partial charge in [0, 0.05) is 5.69 Å². The lowest BCUT2D eigenvalue weighted by Gasteiger charge is -2.13. The van der Waals surface area contributed by atoms with Crippen molar-refractivity contribution in [2.75, 3.05) is 12.3 Å². The van der Waals surface area contributed by atoms with E-state index in [-0.39, 0.29) is 0 Å². The molecule has 2 N–H and O–H groups in total. The molecule has 0 aliphatic carbocycles. The van der Waals surface area contributed by atoms with E-state index < -0.39 is 0 Å². The summed E-state index contributed by atoms with van der Waals surface area (Å²) in [4.78, 5) is 0. The number of nitrogen functional groups attached to an aromatic ring is 1. The second-order valence-corrected chi connectivity index (χ2v) is 4.42. The molecule has 100 valence electrons. The molecule has 19 heavy (non-hydrogen) atoms. The van der Waals surface area contributed by atoms with E-state index in [1.165, 1.54) is 0 Å². The minimum Gasteiger partial charge on any atom is -0.490 e. The van der Waals surface area contributed by atoms with E-state index in [1.54, 1.807) is 0 Å². The summed E-state index contributed by atoms with van der Waals surface area (Å²) in [6.07, 6.45) is 0.967. The van der Waals surface area contributed by atoms with Gasteiger partial charge in [-0.1, -0.05) is 19.1 Å². The Labute approximate surface area is 114 Å². The van der Waals surface area contributed by atoms with Crippen molar-refractivity contribution < 1.29 is 9.47 Å². The minimum absolute atomic E-state index is 0.682. The standard InChI is InChI=1S/C16H19NO2/c1-3-10-18-15-6-4-5-7-16(15)19-14-9-8-13(17)11-12(14)2/h4-9,11H,3,10,17H2,1-2H3. The number of rotatable bonds is 5. The highest BCUT2D eigenvalue weighted by atomic mass is 16.5. The Hall–Kier alpha value is -2.16. The number of benzene rings is 2. The first-order valence-corrected chi connectivity index (χ1v) is 6.46. The summed E-state index contributed by atoms with van der Waals surface area (Å²) < 4.78 is 11.6. The Kier molecular flexibility index (Phi) is 4.29. The van der Waals surface area contributed by atoms with E-state index in [2.05, 4.69) is 6.92 Å². The molecule has 3 nitrogen and oxygen atoms in total. The van der Waals surface area contributed by atoms with E-state index in [0.29, 0.717) is 6.61 Å². The van der Waals surface area contributed by atoms with E-state index in [4.69, 9.17) is 15.2 Å². The Morgan fingerprint density at radius 1 is 1.00 bits per heavy atom. The van der Waals surface area contributed by atoms with Crippen molar-refractivity contribution in [3.05, 3.63) is 48.0 Å². The van der Waals surface area contributed by atoms with Crippen LogP contribution in [0.1, 0.15) is 18.9 Å². The van der Waals surface area contributed by atoms with Gasteiger partial charge in [0.1, 0.15) is 5.75 Å². The summed E-state index contributed by atoms with van der Waals surface area (Å²) in [7, 11) is 0. The molecule has 0 aromatic heterocycles. The Bertz CT molecular complexity index is 552. The van der Waals surface area contributed by atoms with Crippen LogP contribution in [0.2, 0.25) is 0 Å². The predicted octanol–water partition coefficient (Wildman–Crippen LogP) is 4.16. The van der Waals surface area contributed by atoms with Crippen LogP contribution >= 0.6 is 0 Å². The molecule has 0 aliphatic heterocycles. The molecule has 2 rings (SSSR count). The normalized spacial score (nSPS) is 10.2. The van der Waals surface area contributed by atoms with Gasteiger partial charge in [-0.15, -0.1) is 0 Å². The number of hydrogen-bond donors (Lipinski definition) is 1. The third-order valence-corrected chi connectivity index (χ3v) is 2.73. The SMILES string of the molecule is CCCOc1ccccc1Oc1ccc(N)cc1C. The second kappa shape index (κ2) is 6.14. The van der Waals surface area contributed by atoms with Gasteiger partial charge in [-0.25, -0.2) is 0 Å². The minimum atomic E-state index is 0.682. The maximum Gasteiger partial charge on any atom is 0.169 e. The molecule has 0 bridgehead atoms. The Morgan fingerprint density at radius 2 is 1.74 bits per heavy atom. The van der Waals surface area contributed by atoms with E-state index >= 15 is 0 Å². The maximum atomic E-state index is 5.91. The molecular weight excluding hydrogens is 238 g/mol. The van der Waals surface area contributed by atoms with Gasteiger partial charge in [0.15, 0.2) is 11.5 Å². The fourth-order valence-corrected chi connectivity index (χ4v) is 1.77. The molecule has 0 saturated heterocycles. The van der Waals surface area contributed by atoms with E-state index in [9.17, 15) is 0 Å². The zero-order valence-electron chi connectivity index (χ0n) is 11.3. The third kappa shape index (κ3) is 3.41. The predicted molar refractivity (Wildman–Crippen MR) is 77.9 cm³/mol. The average molecular weight is 257 g/mol. The molecular formula is C16H19NO2. The highest BCUT2D eigenvalue weighted by molar-refractivity contribution is 5.50. The van der Waals surface area contributed by atoms with Crippen LogP contribution in [0.15, 0.2) is 42.5 Å². The van der Waals surface area contributed by atoms with Crippen molar-refractivity contribution in [2.45, 2.75) is 20.3 Å². The van der Waals surface area contributed by atoms with Crippen LogP contribution in [-0.2, 0) is 0 Å². The van der Waals surface area contributed by atoms with Crippen molar-refractivity contribution in [2.24, 2.45) is 0 Å². The number of anilines is 1. The fraction of sp³-hybridized carbons (Fsp3) is 0.250. The molecule has 0 heterocycles. The summed E-state index contributed by atoms with van der Waals surface area (Å²) in [5.41, 5.74) is 7.48. The lowest BCUT2D eigenvalue weighted by Crippen LogP contribution is -1.98. The monoisotopic (exact) mass is 257 g/mol. The molecule has 0 radical (unpaired) electrons. The molecule has 0 fully saturated rings. The van der Waals surface area contributed by atoms with Crippen LogP contribution in [0.25, 0.3) is 0 Å². The van der Waals surface area contributed by atoms with Gasteiger partial charge >= 0.3 is 0 Å². The quantitative estimate of drug-likeness (QED) is 0.818. The smallest absolute Gasteiger partial charge is 0.169 e. The molecule has 2 aromatic carbocycles. The van der Waals surface area contributed by atoms with Crippen LogP contribution in [0.4, 0.5) is 5.69 Å². The van der Waals surface area contributed by atoms with Crippen molar-refractivity contribution in [3.63, 3.8) is 0 Å². The molecule has 0 spiro atoms. The molecule has 3 heteroatoms. The summed E-state index contributed by atoms with van der Waals surface area (Å²) in [5.74, 6) is 2.28. The maximum absolute atomic E-state index is 5.91. The van der Waals surface area contributed by atoms with Crippen molar-refractivity contribution in [1.82, 2.24) is 0 Å². The average Bonchev–Trinajstić information content (AvgIpc) is 2.41. The van der Waals surface area contributed by atoms with Crippen LogP contribution in [-0.4, -0.2) is 6.61 Å². The third-order valence-electron chi connectivity index (χ3n) is 2.73. The van der Waals surface area contributed by atoms with Crippen LogP contribution < -0.4 is 15.2 Å². The van der Waals surface area contributed by atoms with Crippen LogP contribution in [0.3, 0.4) is 0 Å². The molecule has 0 saturated carbocycles. The zero-order chi connectivity index (χ0) is 13.7. The van der Waals surface area contributed by atoms with Crippen molar-refractivity contribution in [1.29, 1.82) is 0 Å². The lowest BCUT2D eigenvalue weighted by atomic mass is 10.2. The molecule has 2 aromatic rings. The number of aryl methyl sites for hydroxylation is 1. The molecule has 0 amide bonds. The van der Waals surface area contributed by atoms with Crippen LogP contribution in [0, 0.1) is 6.92 Å². The summed E-state index contributed by atoms with van der Waals surface area (Å²) in [6.45, 7) is 4.73. The van der Waals surface area contributed by atoms with Gasteiger partial charge < -0.3 is 15.2 Å². The van der Waals surface area contributed by atoms with Gasteiger partial charge in [-0.05, 0) is 49.2 Å². The highest BCUT2D eigenvalue weighted by Gasteiger charge is 2.07. The van der Waals surface area contributed by atoms with E-state index in [0.717, 1.165) is 34.9 Å². The number of hydrogen-bond acceptors (Lipinski definition) is 3. The van der Waals surface area contributed by atoms with Gasteiger partial charge in [-0.3, -0.25) is 0 Å². The molecule has 0 aliphatic rings. The Balaban J connectivity index is 2.22. The zero-order valence-corrected chi connectivity index (χ0v) is 11.3. The van der Waals surface area contributed by atoms with Gasteiger partial charge in [-0.2, -0.15) is 0 Å². The molecule has 0 atom stereocenters. The highest BCUT2D eigenvalue weighted by Crippen LogP contribution is 2.33. The van der Waals surface area contributed by atoms with Gasteiger partial charge in [0.05, 0.1) is 6.61 Å². The summed E-state index contributed by atoms with van der Waals surface area (Å²) in [6, 6.07) is 13.3. The van der Waals surface area contributed by atoms with Gasteiger partial charge in [0.25, 0.3) is 0 Å².